The van der Waals surface area contributed by atoms with Gasteiger partial charge in [0.25, 0.3) is 0 Å². The van der Waals surface area contributed by atoms with E-state index in [1.165, 1.54) is 0 Å². The second kappa shape index (κ2) is 8.32. The normalized spacial score (nSPS) is 11.0. The fourth-order valence-corrected chi connectivity index (χ4v) is 3.03. The highest BCUT2D eigenvalue weighted by Gasteiger charge is 2.08. The molecule has 1 amide bonds. The number of aliphatic hydroxyl groups excluding tert-OH is 1. The molecule has 114 valence electrons. The van der Waals surface area contributed by atoms with Gasteiger partial charge in [-0.25, -0.2) is 0 Å². The standard InChI is InChI=1S/C15H19ClN2O2S/c16-12-2-3-13-11(10-18-14(13)9-12)8-15(20)17-4-7-21-6-1-5-19/h2-3,9-10,18-19H,1,4-8H2,(H,17,20). The molecule has 0 atom stereocenters. The molecule has 0 fully saturated rings. The Kier molecular flexibility index (Phi) is 6.42. The first-order valence-corrected chi connectivity index (χ1v) is 8.45. The number of fused-ring (bicyclic) bond motifs is 1. The minimum absolute atomic E-state index is 0.0219. The van der Waals surface area contributed by atoms with E-state index in [1.54, 1.807) is 11.8 Å². The van der Waals surface area contributed by atoms with Crippen LogP contribution in [0.3, 0.4) is 0 Å². The lowest BCUT2D eigenvalue weighted by molar-refractivity contribution is -0.120. The number of halogens is 1. The van der Waals surface area contributed by atoms with Crippen LogP contribution < -0.4 is 5.32 Å². The van der Waals surface area contributed by atoms with Gasteiger partial charge in [-0.3, -0.25) is 4.79 Å². The monoisotopic (exact) mass is 326 g/mol. The number of nitrogens with one attached hydrogen (secondary N) is 2. The number of aromatic amines is 1. The van der Waals surface area contributed by atoms with E-state index in [2.05, 4.69) is 10.3 Å². The number of hydrogen-bond acceptors (Lipinski definition) is 3. The van der Waals surface area contributed by atoms with Crippen LogP contribution in [0.5, 0.6) is 0 Å². The summed E-state index contributed by atoms with van der Waals surface area (Å²) in [6.07, 6.45) is 3.02. The van der Waals surface area contributed by atoms with Gasteiger partial charge in [-0.2, -0.15) is 11.8 Å². The molecule has 4 nitrogen and oxygen atoms in total. The van der Waals surface area contributed by atoms with Crippen molar-refractivity contribution in [2.75, 3.05) is 24.7 Å². The molecule has 0 bridgehead atoms. The molecule has 21 heavy (non-hydrogen) atoms. The number of H-pyrrole nitrogens is 1. The number of aromatic nitrogens is 1. The fourth-order valence-electron chi connectivity index (χ4n) is 2.07. The maximum Gasteiger partial charge on any atom is 0.224 e. The van der Waals surface area contributed by atoms with Gasteiger partial charge in [0.1, 0.15) is 0 Å². The predicted molar refractivity (Wildman–Crippen MR) is 89.1 cm³/mol. The Morgan fingerprint density at radius 2 is 2.24 bits per heavy atom. The zero-order valence-electron chi connectivity index (χ0n) is 11.7. The quantitative estimate of drug-likeness (QED) is 0.653. The van der Waals surface area contributed by atoms with E-state index in [1.807, 2.05) is 24.4 Å². The average Bonchev–Trinajstić information content (AvgIpc) is 2.85. The van der Waals surface area contributed by atoms with Crippen molar-refractivity contribution >= 4 is 40.2 Å². The van der Waals surface area contributed by atoms with E-state index < -0.39 is 0 Å². The van der Waals surface area contributed by atoms with E-state index in [9.17, 15) is 4.79 Å². The Balaban J connectivity index is 1.79. The van der Waals surface area contributed by atoms with Gasteiger partial charge in [0.2, 0.25) is 5.91 Å². The van der Waals surface area contributed by atoms with Crippen LogP contribution in [0.1, 0.15) is 12.0 Å². The summed E-state index contributed by atoms with van der Waals surface area (Å²) in [6.45, 7) is 0.882. The summed E-state index contributed by atoms with van der Waals surface area (Å²) in [4.78, 5) is 15.0. The maximum atomic E-state index is 11.9. The van der Waals surface area contributed by atoms with E-state index in [0.717, 1.165) is 34.4 Å². The van der Waals surface area contributed by atoms with Crippen LogP contribution in [-0.4, -0.2) is 40.7 Å². The van der Waals surface area contributed by atoms with E-state index in [-0.39, 0.29) is 12.5 Å². The largest absolute Gasteiger partial charge is 0.396 e. The SMILES string of the molecule is O=C(Cc1c[nH]c2cc(Cl)ccc12)NCCSCCCO. The van der Waals surface area contributed by atoms with Gasteiger partial charge in [-0.1, -0.05) is 17.7 Å². The zero-order chi connectivity index (χ0) is 15.1. The Labute approximate surface area is 133 Å². The van der Waals surface area contributed by atoms with Crippen molar-refractivity contribution in [2.24, 2.45) is 0 Å². The highest BCUT2D eigenvalue weighted by molar-refractivity contribution is 7.99. The Morgan fingerprint density at radius 1 is 1.38 bits per heavy atom. The predicted octanol–water partition coefficient (Wildman–Crippen LogP) is 2.60. The highest BCUT2D eigenvalue weighted by Crippen LogP contribution is 2.22. The molecule has 1 aromatic carbocycles. The topological polar surface area (TPSA) is 65.1 Å². The summed E-state index contributed by atoms with van der Waals surface area (Å²) in [5.41, 5.74) is 1.93. The summed E-state index contributed by atoms with van der Waals surface area (Å²) in [7, 11) is 0. The van der Waals surface area contributed by atoms with Crippen molar-refractivity contribution in [3.63, 3.8) is 0 Å². The van der Waals surface area contributed by atoms with Crippen molar-refractivity contribution in [1.82, 2.24) is 10.3 Å². The molecule has 0 aliphatic rings. The van der Waals surface area contributed by atoms with Crippen LogP contribution in [0.4, 0.5) is 0 Å². The number of benzene rings is 1. The molecule has 0 aliphatic heterocycles. The fraction of sp³-hybridized carbons (Fsp3) is 0.400. The summed E-state index contributed by atoms with van der Waals surface area (Å²) < 4.78 is 0. The molecule has 1 aromatic heterocycles. The smallest absolute Gasteiger partial charge is 0.224 e. The first-order chi connectivity index (χ1) is 10.2. The number of carbonyl (C=O) groups is 1. The number of rotatable bonds is 8. The van der Waals surface area contributed by atoms with Crippen LogP contribution >= 0.6 is 23.4 Å². The first-order valence-electron chi connectivity index (χ1n) is 6.91. The number of aliphatic hydroxyl groups is 1. The van der Waals surface area contributed by atoms with E-state index in [0.29, 0.717) is 18.0 Å². The van der Waals surface area contributed by atoms with Crippen molar-refractivity contribution < 1.29 is 9.90 Å². The van der Waals surface area contributed by atoms with Gasteiger partial charge in [-0.05, 0) is 29.9 Å². The summed E-state index contributed by atoms with van der Waals surface area (Å²) in [6, 6.07) is 5.62. The molecular weight excluding hydrogens is 308 g/mol. The highest BCUT2D eigenvalue weighted by atomic mass is 35.5. The molecule has 0 aliphatic carbocycles. The van der Waals surface area contributed by atoms with Crippen LogP contribution in [0.15, 0.2) is 24.4 Å². The minimum Gasteiger partial charge on any atom is -0.396 e. The average molecular weight is 327 g/mol. The van der Waals surface area contributed by atoms with Crippen molar-refractivity contribution in [1.29, 1.82) is 0 Å². The van der Waals surface area contributed by atoms with Crippen molar-refractivity contribution in [2.45, 2.75) is 12.8 Å². The second-order valence-corrected chi connectivity index (χ2v) is 6.38. The summed E-state index contributed by atoms with van der Waals surface area (Å²) in [5, 5.41) is 13.3. The van der Waals surface area contributed by atoms with Crippen molar-refractivity contribution in [3.05, 3.63) is 35.0 Å². The third kappa shape index (κ3) is 4.95. The molecule has 0 spiro atoms. The van der Waals surface area contributed by atoms with Gasteiger partial charge in [0.05, 0.1) is 6.42 Å². The molecule has 6 heteroatoms. The lowest BCUT2D eigenvalue weighted by Crippen LogP contribution is -2.27. The van der Waals surface area contributed by atoms with Gasteiger partial charge in [0.15, 0.2) is 0 Å². The maximum absolute atomic E-state index is 11.9. The molecule has 3 N–H and O–H groups in total. The number of carbonyl (C=O) groups excluding carboxylic acids is 1. The second-order valence-electron chi connectivity index (χ2n) is 4.72. The molecule has 1 heterocycles. The van der Waals surface area contributed by atoms with Crippen LogP contribution in [-0.2, 0) is 11.2 Å². The minimum atomic E-state index is 0.0219. The number of hydrogen-bond donors (Lipinski definition) is 3. The molecule has 0 saturated carbocycles. The zero-order valence-corrected chi connectivity index (χ0v) is 13.3. The number of amides is 1. The van der Waals surface area contributed by atoms with E-state index >= 15 is 0 Å². The van der Waals surface area contributed by atoms with Crippen LogP contribution in [0.25, 0.3) is 10.9 Å². The first kappa shape index (κ1) is 16.2. The molecule has 0 radical (unpaired) electrons. The molecular formula is C15H19ClN2O2S. The Hall–Kier alpha value is -1.17. The van der Waals surface area contributed by atoms with Gasteiger partial charge in [-0.15, -0.1) is 0 Å². The van der Waals surface area contributed by atoms with E-state index in [4.69, 9.17) is 16.7 Å². The lowest BCUT2D eigenvalue weighted by atomic mass is 10.1. The number of thioether (sulfide) groups is 1. The molecule has 2 rings (SSSR count). The third-order valence-corrected chi connectivity index (χ3v) is 4.40. The molecule has 2 aromatic rings. The van der Waals surface area contributed by atoms with Crippen LogP contribution in [0.2, 0.25) is 5.02 Å². The Morgan fingerprint density at radius 3 is 3.05 bits per heavy atom. The third-order valence-electron chi connectivity index (χ3n) is 3.10. The molecule has 0 saturated heterocycles. The van der Waals surface area contributed by atoms with Gasteiger partial charge >= 0.3 is 0 Å². The molecule has 0 unspecified atom stereocenters. The van der Waals surface area contributed by atoms with Crippen molar-refractivity contribution in [3.8, 4) is 0 Å². The van der Waals surface area contributed by atoms with Crippen LogP contribution in [0, 0.1) is 0 Å². The summed E-state index contributed by atoms with van der Waals surface area (Å²) in [5.74, 6) is 1.82. The van der Waals surface area contributed by atoms with Gasteiger partial charge in [0, 0.05) is 41.0 Å². The lowest BCUT2D eigenvalue weighted by Gasteiger charge is -2.04. The Bertz CT molecular complexity index is 600. The van der Waals surface area contributed by atoms with Gasteiger partial charge < -0.3 is 15.4 Å². The summed E-state index contributed by atoms with van der Waals surface area (Å²) >= 11 is 7.67.